The highest BCUT2D eigenvalue weighted by Gasteiger charge is 2.29. The molecule has 134 valence electrons. The molecule has 1 aliphatic rings. The van der Waals surface area contributed by atoms with Crippen molar-refractivity contribution >= 4 is 11.9 Å². The number of likely N-dealkylation sites (tertiary alicyclic amines) is 1. The number of halogens is 3. The summed E-state index contributed by atoms with van der Waals surface area (Å²) in [6.07, 6.45) is 0.305. The number of hydrogen-bond donors (Lipinski definition) is 2. The van der Waals surface area contributed by atoms with Crippen LogP contribution in [0, 0.1) is 0 Å². The Kier molecular flexibility index (Phi) is 5.68. The number of nitrogens with zero attached hydrogens (tertiary/aromatic N) is 4. The van der Waals surface area contributed by atoms with Gasteiger partial charge in [0.15, 0.2) is 5.96 Å². The molecule has 0 aromatic carbocycles. The van der Waals surface area contributed by atoms with Crippen molar-refractivity contribution in [3.8, 4) is 0 Å². The van der Waals surface area contributed by atoms with Crippen LogP contribution in [0.4, 0.5) is 13.2 Å². The van der Waals surface area contributed by atoms with Crippen molar-refractivity contribution in [3.05, 3.63) is 18.0 Å². The Morgan fingerprint density at radius 1 is 1.46 bits per heavy atom. The molecule has 0 bridgehead atoms. The molecule has 1 atom stereocenters. The van der Waals surface area contributed by atoms with E-state index in [1.54, 1.807) is 11.7 Å². The molecule has 1 aliphatic heterocycles. The van der Waals surface area contributed by atoms with Gasteiger partial charge >= 0.3 is 6.18 Å². The Bertz CT molecular complexity index is 598. The van der Waals surface area contributed by atoms with Gasteiger partial charge in [-0.15, -0.1) is 0 Å². The molecule has 1 saturated heterocycles. The minimum absolute atomic E-state index is 0.253. The summed E-state index contributed by atoms with van der Waals surface area (Å²) in [4.78, 5) is 17.5. The zero-order valence-electron chi connectivity index (χ0n) is 13.6. The fourth-order valence-electron chi connectivity index (χ4n) is 2.63. The van der Waals surface area contributed by atoms with E-state index in [2.05, 4.69) is 15.4 Å². The van der Waals surface area contributed by atoms with Crippen molar-refractivity contribution in [1.82, 2.24) is 25.3 Å². The number of carbonyl (C=O) groups is 1. The molecule has 0 aliphatic carbocycles. The number of hydrogen-bond acceptors (Lipinski definition) is 3. The van der Waals surface area contributed by atoms with Gasteiger partial charge in [-0.2, -0.15) is 18.3 Å². The van der Waals surface area contributed by atoms with Crippen molar-refractivity contribution in [3.63, 3.8) is 0 Å². The van der Waals surface area contributed by atoms with Crippen LogP contribution in [0.25, 0.3) is 0 Å². The molecule has 2 rings (SSSR count). The lowest BCUT2D eigenvalue weighted by Crippen LogP contribution is -2.46. The summed E-state index contributed by atoms with van der Waals surface area (Å²) < 4.78 is 37.9. The lowest BCUT2D eigenvalue weighted by Gasteiger charge is -2.21. The van der Waals surface area contributed by atoms with Crippen LogP contribution in [0.3, 0.4) is 0 Å². The van der Waals surface area contributed by atoms with Gasteiger partial charge < -0.3 is 15.5 Å². The van der Waals surface area contributed by atoms with E-state index >= 15 is 0 Å². The van der Waals surface area contributed by atoms with Crippen molar-refractivity contribution in [2.45, 2.75) is 18.5 Å². The maximum absolute atomic E-state index is 12.1. The molecule has 10 heteroatoms. The molecule has 0 saturated carbocycles. The second kappa shape index (κ2) is 7.54. The first kappa shape index (κ1) is 18.1. The molecular formula is C14H21F3N6O. The highest BCUT2D eigenvalue weighted by molar-refractivity contribution is 5.86. The molecule has 7 nitrogen and oxygen atoms in total. The van der Waals surface area contributed by atoms with E-state index in [0.29, 0.717) is 11.9 Å². The summed E-state index contributed by atoms with van der Waals surface area (Å²) >= 11 is 0. The zero-order valence-corrected chi connectivity index (χ0v) is 13.6. The van der Waals surface area contributed by atoms with E-state index in [9.17, 15) is 18.0 Å². The summed E-state index contributed by atoms with van der Waals surface area (Å²) in [5.41, 5.74) is 1.14. The molecule has 1 unspecified atom stereocenters. The van der Waals surface area contributed by atoms with Crippen LogP contribution in [0.2, 0.25) is 0 Å². The summed E-state index contributed by atoms with van der Waals surface area (Å²) in [5.74, 6) is 0.0938. The minimum Gasteiger partial charge on any atom is -0.347 e. The topological polar surface area (TPSA) is 74.6 Å². The summed E-state index contributed by atoms with van der Waals surface area (Å²) in [5, 5.41) is 8.78. The number of alkyl halides is 3. The minimum atomic E-state index is -4.41. The molecular weight excluding hydrogens is 325 g/mol. The van der Waals surface area contributed by atoms with E-state index < -0.39 is 18.6 Å². The lowest BCUT2D eigenvalue weighted by atomic mass is 10.0. The number of aromatic nitrogens is 2. The third kappa shape index (κ3) is 5.14. The molecule has 1 aromatic heterocycles. The van der Waals surface area contributed by atoms with Crippen LogP contribution in [0.15, 0.2) is 17.4 Å². The van der Waals surface area contributed by atoms with E-state index in [0.717, 1.165) is 25.1 Å². The maximum Gasteiger partial charge on any atom is 0.405 e. The molecule has 24 heavy (non-hydrogen) atoms. The number of nitrogens with one attached hydrogen (secondary N) is 2. The molecule has 0 spiro atoms. The Morgan fingerprint density at radius 2 is 2.21 bits per heavy atom. The van der Waals surface area contributed by atoms with E-state index in [-0.39, 0.29) is 6.54 Å². The van der Waals surface area contributed by atoms with Crippen molar-refractivity contribution in [2.24, 2.45) is 12.0 Å². The number of guanidine groups is 1. The number of aliphatic imine (C=N–C) groups is 1. The summed E-state index contributed by atoms with van der Waals surface area (Å²) in [6.45, 7) is -0.116. The summed E-state index contributed by atoms with van der Waals surface area (Å²) in [7, 11) is 3.43. The molecule has 1 amide bonds. The predicted octanol–water partition coefficient (Wildman–Crippen LogP) is 0.463. The number of amides is 1. The van der Waals surface area contributed by atoms with Crippen LogP contribution in [-0.2, 0) is 11.8 Å². The van der Waals surface area contributed by atoms with Gasteiger partial charge in [-0.25, -0.2) is 0 Å². The molecule has 0 radical (unpaired) electrons. The highest BCUT2D eigenvalue weighted by Crippen LogP contribution is 2.26. The van der Waals surface area contributed by atoms with Gasteiger partial charge in [0.1, 0.15) is 6.54 Å². The molecule has 1 fully saturated rings. The quantitative estimate of drug-likeness (QED) is 0.614. The molecule has 2 heterocycles. The number of carbonyl (C=O) groups excluding carboxylic acids is 1. The van der Waals surface area contributed by atoms with Gasteiger partial charge in [0.2, 0.25) is 5.91 Å². The monoisotopic (exact) mass is 346 g/mol. The summed E-state index contributed by atoms with van der Waals surface area (Å²) in [6, 6.07) is 0. The maximum atomic E-state index is 12.1. The van der Waals surface area contributed by atoms with Gasteiger partial charge in [-0.05, 0) is 12.0 Å². The first-order valence-electron chi connectivity index (χ1n) is 7.56. The first-order chi connectivity index (χ1) is 11.3. The van der Waals surface area contributed by atoms with Gasteiger partial charge in [-0.3, -0.25) is 14.5 Å². The smallest absolute Gasteiger partial charge is 0.347 e. The van der Waals surface area contributed by atoms with E-state index in [4.69, 9.17) is 0 Å². The van der Waals surface area contributed by atoms with Gasteiger partial charge in [0, 0.05) is 39.3 Å². The van der Waals surface area contributed by atoms with Crippen molar-refractivity contribution < 1.29 is 18.0 Å². The first-order valence-corrected chi connectivity index (χ1v) is 7.56. The van der Waals surface area contributed by atoms with E-state index in [1.807, 2.05) is 29.7 Å². The van der Waals surface area contributed by atoms with Crippen LogP contribution < -0.4 is 10.6 Å². The fourth-order valence-corrected chi connectivity index (χ4v) is 2.63. The number of rotatable bonds is 4. The van der Waals surface area contributed by atoms with Crippen molar-refractivity contribution in [1.29, 1.82) is 0 Å². The van der Waals surface area contributed by atoms with Gasteiger partial charge in [-0.1, -0.05) is 0 Å². The van der Waals surface area contributed by atoms with Crippen LogP contribution in [0.5, 0.6) is 0 Å². The van der Waals surface area contributed by atoms with Crippen LogP contribution in [-0.4, -0.2) is 66.0 Å². The molecule has 2 N–H and O–H groups in total. The lowest BCUT2D eigenvalue weighted by molar-refractivity contribution is -0.137. The third-order valence-electron chi connectivity index (χ3n) is 3.79. The second-order valence-electron chi connectivity index (χ2n) is 5.67. The number of aryl methyl sites for hydroxylation is 1. The average molecular weight is 346 g/mol. The molecule has 1 aromatic rings. The van der Waals surface area contributed by atoms with E-state index in [1.165, 1.54) is 0 Å². The third-order valence-corrected chi connectivity index (χ3v) is 3.79. The standard InChI is InChI=1S/C14H21F3N6O/c1-18-13(19-6-12(24)20-9-14(15,16)17)23-4-3-10(8-23)11-5-21-22(2)7-11/h5,7,10H,3-4,6,8-9H2,1-2H3,(H,18,19)(H,20,24). The van der Waals surface area contributed by atoms with Gasteiger partial charge in [0.05, 0.1) is 12.7 Å². The fraction of sp³-hybridized carbons (Fsp3) is 0.643. The van der Waals surface area contributed by atoms with Crippen LogP contribution >= 0.6 is 0 Å². The average Bonchev–Trinajstić information content (AvgIpc) is 3.14. The van der Waals surface area contributed by atoms with Gasteiger partial charge in [0.25, 0.3) is 0 Å². The second-order valence-corrected chi connectivity index (χ2v) is 5.67. The Hall–Kier alpha value is -2.26. The normalized spacial score (nSPS) is 18.8. The Balaban J connectivity index is 1.81. The highest BCUT2D eigenvalue weighted by atomic mass is 19.4. The van der Waals surface area contributed by atoms with Crippen molar-refractivity contribution in [2.75, 3.05) is 33.2 Å². The SMILES string of the molecule is CN=C(NCC(=O)NCC(F)(F)F)N1CCC(c2cnn(C)c2)C1. The predicted molar refractivity (Wildman–Crippen MR) is 82.6 cm³/mol. The largest absolute Gasteiger partial charge is 0.405 e. The van der Waals surface area contributed by atoms with Crippen LogP contribution in [0.1, 0.15) is 17.9 Å². The zero-order chi connectivity index (χ0) is 17.7. The Morgan fingerprint density at radius 3 is 2.79 bits per heavy atom. The Labute approximate surface area is 137 Å².